The Bertz CT molecular complexity index is 1210. The lowest BCUT2D eigenvalue weighted by Gasteiger charge is -2.31. The van der Waals surface area contributed by atoms with E-state index in [-0.39, 0.29) is 5.92 Å². The van der Waals surface area contributed by atoms with Gasteiger partial charge in [0.2, 0.25) is 0 Å². The average molecular weight is 469 g/mol. The largest absolute Gasteiger partial charge is 0.374 e. The zero-order valence-corrected chi connectivity index (χ0v) is 20.8. The van der Waals surface area contributed by atoms with Crippen molar-refractivity contribution in [2.45, 2.75) is 52.4 Å². The molecule has 1 atom stereocenters. The maximum Gasteiger partial charge on any atom is 0.159 e. The van der Waals surface area contributed by atoms with Crippen LogP contribution in [0.1, 0.15) is 67.3 Å². The number of nitrogens with zero attached hydrogens (tertiary/aromatic N) is 2. The van der Waals surface area contributed by atoms with Crippen LogP contribution >= 0.6 is 0 Å². The van der Waals surface area contributed by atoms with Gasteiger partial charge in [-0.25, -0.2) is 0 Å². The van der Waals surface area contributed by atoms with Gasteiger partial charge in [0.15, 0.2) is 5.60 Å². The highest BCUT2D eigenvalue weighted by Crippen LogP contribution is 2.38. The molecule has 0 amide bonds. The molecule has 1 unspecified atom stereocenters. The van der Waals surface area contributed by atoms with Crippen molar-refractivity contribution >= 4 is 0 Å². The molecule has 1 N–H and O–H groups in total. The van der Waals surface area contributed by atoms with Gasteiger partial charge in [0, 0.05) is 6.20 Å². The van der Waals surface area contributed by atoms with Crippen LogP contribution < -0.4 is 0 Å². The molecule has 0 aliphatic carbocycles. The van der Waals surface area contributed by atoms with Crippen LogP contribution in [0.3, 0.4) is 0 Å². The normalized spacial score (nSPS) is 12.3. The zero-order valence-electron chi connectivity index (χ0n) is 20.8. The molecule has 3 rings (SSSR count). The molecule has 2 aromatic carbocycles. The van der Waals surface area contributed by atoms with Gasteiger partial charge in [-0.2, -0.15) is 0 Å². The number of aliphatic hydroxyl groups is 1. The maximum atomic E-state index is 12.3. The van der Waals surface area contributed by atoms with Crippen molar-refractivity contribution < 1.29 is 14.6 Å². The number of aromatic nitrogens is 2. The molecular weight excluding hydrogens is 436 g/mol. The third-order valence-electron chi connectivity index (χ3n) is 5.64. The number of rotatable bonds is 10. The molecule has 3 aromatic rings. The van der Waals surface area contributed by atoms with Gasteiger partial charge in [-0.05, 0) is 42.0 Å². The SMILES string of the molecule is CC#CCOCc1ccc(C(O)(c2cnc(C(C)C)cn2)c2ccccc2COCC#CC)cc1. The average Bonchev–Trinajstić information content (AvgIpc) is 2.89. The molecule has 1 heterocycles. The topological polar surface area (TPSA) is 64.5 Å². The quantitative estimate of drug-likeness (QED) is 0.336. The molecule has 0 fully saturated rings. The van der Waals surface area contributed by atoms with Gasteiger partial charge in [-0.3, -0.25) is 9.97 Å². The smallest absolute Gasteiger partial charge is 0.159 e. The molecule has 0 spiro atoms. The van der Waals surface area contributed by atoms with Crippen LogP contribution in [0.2, 0.25) is 0 Å². The van der Waals surface area contributed by atoms with E-state index < -0.39 is 5.60 Å². The lowest BCUT2D eigenvalue weighted by atomic mass is 9.81. The molecule has 0 aliphatic rings. The summed E-state index contributed by atoms with van der Waals surface area (Å²) in [6, 6.07) is 15.4. The van der Waals surface area contributed by atoms with Crippen molar-refractivity contribution in [3.05, 3.63) is 94.6 Å². The summed E-state index contributed by atoms with van der Waals surface area (Å²) in [6.45, 7) is 9.16. The van der Waals surface area contributed by atoms with Gasteiger partial charge in [0.05, 0.1) is 30.8 Å². The fourth-order valence-corrected chi connectivity index (χ4v) is 3.68. The summed E-state index contributed by atoms with van der Waals surface area (Å²) < 4.78 is 11.3. The second-order valence-corrected chi connectivity index (χ2v) is 8.38. The van der Waals surface area contributed by atoms with Crippen molar-refractivity contribution in [1.82, 2.24) is 9.97 Å². The van der Waals surface area contributed by atoms with E-state index in [0.29, 0.717) is 43.2 Å². The highest BCUT2D eigenvalue weighted by Gasteiger charge is 2.37. The molecule has 1 aromatic heterocycles. The Balaban J connectivity index is 2.03. The third-order valence-corrected chi connectivity index (χ3v) is 5.64. The van der Waals surface area contributed by atoms with Crippen molar-refractivity contribution in [3.63, 3.8) is 0 Å². The Hall–Kier alpha value is -3.48. The summed E-state index contributed by atoms with van der Waals surface area (Å²) in [4.78, 5) is 9.23. The fraction of sp³-hybridized carbons (Fsp3) is 0.333. The number of hydrogen-bond acceptors (Lipinski definition) is 5. The molecule has 0 aliphatic heterocycles. The summed E-state index contributed by atoms with van der Waals surface area (Å²) in [6.07, 6.45) is 3.40. The Morgan fingerprint density at radius 1 is 0.857 bits per heavy atom. The van der Waals surface area contributed by atoms with Gasteiger partial charge in [-0.1, -0.05) is 74.2 Å². The highest BCUT2D eigenvalue weighted by atomic mass is 16.5. The number of ether oxygens (including phenoxy) is 2. The Morgan fingerprint density at radius 2 is 1.51 bits per heavy atom. The third kappa shape index (κ3) is 6.56. The van der Waals surface area contributed by atoms with Crippen molar-refractivity contribution in [3.8, 4) is 23.7 Å². The monoisotopic (exact) mass is 468 g/mol. The van der Waals surface area contributed by atoms with Crippen molar-refractivity contribution in [1.29, 1.82) is 0 Å². The van der Waals surface area contributed by atoms with Gasteiger partial charge in [0.1, 0.15) is 13.2 Å². The second-order valence-electron chi connectivity index (χ2n) is 8.38. The Morgan fingerprint density at radius 3 is 2.11 bits per heavy atom. The molecular formula is C30H32N2O3. The van der Waals surface area contributed by atoms with E-state index in [9.17, 15) is 5.11 Å². The summed E-state index contributed by atoms with van der Waals surface area (Å²) in [5.74, 6) is 11.7. The minimum atomic E-state index is -1.52. The van der Waals surface area contributed by atoms with Crippen LogP contribution in [-0.2, 0) is 28.3 Å². The van der Waals surface area contributed by atoms with Gasteiger partial charge < -0.3 is 14.6 Å². The predicted molar refractivity (Wildman–Crippen MR) is 137 cm³/mol. The lowest BCUT2D eigenvalue weighted by molar-refractivity contribution is 0.111. The van der Waals surface area contributed by atoms with Gasteiger partial charge >= 0.3 is 0 Å². The Labute approximate surface area is 208 Å². The summed E-state index contributed by atoms with van der Waals surface area (Å²) in [5, 5.41) is 12.3. The highest BCUT2D eigenvalue weighted by molar-refractivity contribution is 5.48. The van der Waals surface area contributed by atoms with Gasteiger partial charge in [-0.15, -0.1) is 11.8 Å². The van der Waals surface area contributed by atoms with Crippen LogP contribution in [0, 0.1) is 23.7 Å². The fourth-order valence-electron chi connectivity index (χ4n) is 3.68. The molecule has 0 bridgehead atoms. The molecule has 0 radical (unpaired) electrons. The molecule has 5 nitrogen and oxygen atoms in total. The van der Waals surface area contributed by atoms with Crippen molar-refractivity contribution in [2.24, 2.45) is 0 Å². The van der Waals surface area contributed by atoms with Crippen LogP contribution in [0.25, 0.3) is 0 Å². The first-order valence-corrected chi connectivity index (χ1v) is 11.7. The number of hydrogen-bond donors (Lipinski definition) is 1. The number of benzene rings is 2. The van der Waals surface area contributed by atoms with E-state index in [1.165, 1.54) is 0 Å². The summed E-state index contributed by atoms with van der Waals surface area (Å²) in [5.41, 5.74) is 3.02. The van der Waals surface area contributed by atoms with E-state index >= 15 is 0 Å². The van der Waals surface area contributed by atoms with Crippen LogP contribution in [0.15, 0.2) is 60.9 Å². The van der Waals surface area contributed by atoms with Crippen LogP contribution in [-0.4, -0.2) is 28.3 Å². The Kier molecular flexibility index (Phi) is 9.58. The predicted octanol–water partition coefficient (Wildman–Crippen LogP) is 4.96. The molecule has 5 heteroatoms. The standard InChI is InChI=1S/C30H32N2O3/c1-5-7-17-34-21-24-13-15-26(16-14-24)30(33,29-20-31-28(19-32-29)23(3)4)27-12-10-9-11-25(27)22-35-18-8-6-2/h9-16,19-20,23,33H,17-18,21-22H2,1-4H3. The molecule has 180 valence electrons. The minimum absolute atomic E-state index is 0.238. The molecule has 0 saturated heterocycles. The van der Waals surface area contributed by atoms with E-state index in [0.717, 1.165) is 16.8 Å². The summed E-state index contributed by atoms with van der Waals surface area (Å²) >= 11 is 0. The first-order chi connectivity index (χ1) is 17.0. The van der Waals surface area contributed by atoms with Gasteiger partial charge in [0.25, 0.3) is 0 Å². The lowest BCUT2D eigenvalue weighted by Crippen LogP contribution is -2.32. The van der Waals surface area contributed by atoms with E-state index in [1.54, 1.807) is 26.2 Å². The maximum absolute atomic E-state index is 12.3. The molecule has 35 heavy (non-hydrogen) atoms. The van der Waals surface area contributed by atoms with E-state index in [4.69, 9.17) is 9.47 Å². The van der Waals surface area contributed by atoms with Crippen molar-refractivity contribution in [2.75, 3.05) is 13.2 Å². The van der Waals surface area contributed by atoms with Crippen LogP contribution in [0.5, 0.6) is 0 Å². The van der Waals surface area contributed by atoms with Crippen LogP contribution in [0.4, 0.5) is 0 Å². The van der Waals surface area contributed by atoms with E-state index in [1.807, 2.05) is 48.5 Å². The summed E-state index contributed by atoms with van der Waals surface area (Å²) in [7, 11) is 0. The second kappa shape index (κ2) is 12.8. The van der Waals surface area contributed by atoms with E-state index in [2.05, 4.69) is 47.5 Å². The first-order valence-electron chi connectivity index (χ1n) is 11.7. The first kappa shape index (κ1) is 26.1. The zero-order chi connectivity index (χ0) is 25.1. The minimum Gasteiger partial charge on any atom is -0.374 e. The molecule has 0 saturated carbocycles.